The average molecular weight is 269 g/mol. The molecule has 0 aliphatic heterocycles. The van der Waals surface area contributed by atoms with Crippen molar-refractivity contribution in [2.24, 2.45) is 5.84 Å². The minimum absolute atomic E-state index is 0.103. The molecule has 96 valence electrons. The Bertz CT molecular complexity index is 663. The number of hydrogen-bond acceptors (Lipinski definition) is 4. The molecule has 1 aromatic carbocycles. The molecule has 0 saturated carbocycles. The van der Waals surface area contributed by atoms with Crippen molar-refractivity contribution in [1.29, 1.82) is 0 Å². The molecule has 3 N–H and O–H groups in total. The molecule has 0 aliphatic carbocycles. The van der Waals surface area contributed by atoms with Gasteiger partial charge in [-0.2, -0.15) is 0 Å². The largest absolute Gasteiger partial charge is 0.271 e. The summed E-state index contributed by atoms with van der Waals surface area (Å²) in [6, 6.07) is 12.6. The lowest BCUT2D eigenvalue weighted by molar-refractivity contribution is 0.555. The first-order chi connectivity index (χ1) is 9.38. The van der Waals surface area contributed by atoms with E-state index in [1.54, 1.807) is 17.5 Å². The van der Waals surface area contributed by atoms with Crippen LogP contribution in [0.2, 0.25) is 0 Å². The fourth-order valence-electron chi connectivity index (χ4n) is 2.30. The average Bonchev–Trinajstić information content (AvgIpc) is 2.94. The van der Waals surface area contributed by atoms with Crippen LogP contribution in [0.15, 0.2) is 54.2 Å². The number of hydrogen-bond donors (Lipinski definition) is 2. The van der Waals surface area contributed by atoms with E-state index in [4.69, 9.17) is 5.84 Å². The van der Waals surface area contributed by atoms with Gasteiger partial charge in [-0.05, 0) is 40.4 Å². The molecule has 3 nitrogen and oxygen atoms in total. The number of rotatable bonds is 4. The first-order valence-corrected chi connectivity index (χ1v) is 7.07. The Hall–Kier alpha value is -1.75. The van der Waals surface area contributed by atoms with E-state index in [9.17, 15) is 0 Å². The highest BCUT2D eigenvalue weighted by molar-refractivity contribution is 7.17. The number of nitrogens with one attached hydrogen (secondary N) is 1. The number of fused-ring (bicyclic) bond motifs is 1. The molecular weight excluding hydrogens is 254 g/mol. The van der Waals surface area contributed by atoms with Crippen LogP contribution in [-0.2, 0) is 6.42 Å². The minimum Gasteiger partial charge on any atom is -0.271 e. The molecule has 0 spiro atoms. The van der Waals surface area contributed by atoms with Crippen LogP contribution in [0.5, 0.6) is 0 Å². The molecule has 19 heavy (non-hydrogen) atoms. The highest BCUT2D eigenvalue weighted by Crippen LogP contribution is 2.30. The van der Waals surface area contributed by atoms with Gasteiger partial charge in [0.1, 0.15) is 0 Å². The number of aromatic nitrogens is 1. The Morgan fingerprint density at radius 1 is 1.21 bits per heavy atom. The third-order valence-corrected chi connectivity index (χ3v) is 4.23. The van der Waals surface area contributed by atoms with Crippen molar-refractivity contribution in [3.63, 3.8) is 0 Å². The van der Waals surface area contributed by atoms with E-state index in [0.29, 0.717) is 0 Å². The number of nitrogens with zero attached hydrogens (tertiary/aromatic N) is 1. The maximum absolute atomic E-state index is 5.75. The summed E-state index contributed by atoms with van der Waals surface area (Å²) in [5, 5.41) is 3.39. The van der Waals surface area contributed by atoms with Gasteiger partial charge in [0.05, 0.1) is 6.04 Å². The van der Waals surface area contributed by atoms with Crippen molar-refractivity contribution in [3.05, 3.63) is 65.3 Å². The van der Waals surface area contributed by atoms with Crippen molar-refractivity contribution in [3.8, 4) is 0 Å². The second kappa shape index (κ2) is 5.48. The molecule has 0 aliphatic rings. The summed E-state index contributed by atoms with van der Waals surface area (Å²) in [4.78, 5) is 4.15. The quantitative estimate of drug-likeness (QED) is 0.565. The van der Waals surface area contributed by atoms with E-state index >= 15 is 0 Å². The van der Waals surface area contributed by atoms with E-state index in [1.165, 1.54) is 21.2 Å². The van der Waals surface area contributed by atoms with Gasteiger partial charge >= 0.3 is 0 Å². The summed E-state index contributed by atoms with van der Waals surface area (Å²) in [5.74, 6) is 5.75. The SMILES string of the molecule is NNC(Cc1cccnc1)c1cccc2ccsc12. The molecule has 3 aromatic rings. The lowest BCUT2D eigenvalue weighted by atomic mass is 9.99. The van der Waals surface area contributed by atoms with E-state index in [2.05, 4.69) is 46.1 Å². The normalized spacial score (nSPS) is 12.7. The molecule has 2 aromatic heterocycles. The van der Waals surface area contributed by atoms with Crippen LogP contribution in [0.3, 0.4) is 0 Å². The standard InChI is InChI=1S/C15H15N3S/c16-18-14(9-11-3-2-7-17-10-11)13-5-1-4-12-6-8-19-15(12)13/h1-8,10,14,18H,9,16H2. The lowest BCUT2D eigenvalue weighted by Gasteiger charge is -2.17. The Balaban J connectivity index is 1.96. The highest BCUT2D eigenvalue weighted by atomic mass is 32.1. The van der Waals surface area contributed by atoms with Crippen molar-refractivity contribution >= 4 is 21.4 Å². The van der Waals surface area contributed by atoms with Crippen molar-refractivity contribution in [2.75, 3.05) is 0 Å². The maximum Gasteiger partial charge on any atom is 0.0515 e. The van der Waals surface area contributed by atoms with E-state index < -0.39 is 0 Å². The summed E-state index contributed by atoms with van der Waals surface area (Å²) in [5.41, 5.74) is 5.36. The fourth-order valence-corrected chi connectivity index (χ4v) is 3.27. The summed E-state index contributed by atoms with van der Waals surface area (Å²) in [7, 11) is 0. The Kier molecular flexibility index (Phi) is 3.55. The van der Waals surface area contributed by atoms with Crippen molar-refractivity contribution in [2.45, 2.75) is 12.5 Å². The topological polar surface area (TPSA) is 50.9 Å². The second-order valence-corrected chi connectivity index (χ2v) is 5.39. The Morgan fingerprint density at radius 3 is 2.95 bits per heavy atom. The lowest BCUT2D eigenvalue weighted by Crippen LogP contribution is -2.29. The zero-order valence-corrected chi connectivity index (χ0v) is 11.2. The smallest absolute Gasteiger partial charge is 0.0515 e. The first-order valence-electron chi connectivity index (χ1n) is 6.19. The van der Waals surface area contributed by atoms with Crippen LogP contribution >= 0.6 is 11.3 Å². The third kappa shape index (κ3) is 2.51. The molecule has 2 heterocycles. The molecule has 4 heteroatoms. The van der Waals surface area contributed by atoms with Crippen LogP contribution < -0.4 is 11.3 Å². The molecule has 0 bridgehead atoms. The first kappa shape index (κ1) is 12.3. The molecule has 0 amide bonds. The highest BCUT2D eigenvalue weighted by Gasteiger charge is 2.14. The molecular formula is C15H15N3S. The van der Waals surface area contributed by atoms with Gasteiger partial charge in [0.2, 0.25) is 0 Å². The van der Waals surface area contributed by atoms with Gasteiger partial charge in [-0.25, -0.2) is 0 Å². The van der Waals surface area contributed by atoms with E-state index in [-0.39, 0.29) is 6.04 Å². The summed E-state index contributed by atoms with van der Waals surface area (Å²) >= 11 is 1.76. The van der Waals surface area contributed by atoms with Gasteiger partial charge < -0.3 is 0 Å². The number of hydrazine groups is 1. The minimum atomic E-state index is 0.103. The third-order valence-electron chi connectivity index (χ3n) is 3.25. The monoisotopic (exact) mass is 269 g/mol. The Morgan fingerprint density at radius 2 is 2.16 bits per heavy atom. The van der Waals surface area contributed by atoms with E-state index in [0.717, 1.165) is 6.42 Å². The predicted octanol–water partition coefficient (Wildman–Crippen LogP) is 3.04. The molecule has 1 unspecified atom stereocenters. The maximum atomic E-state index is 5.75. The van der Waals surface area contributed by atoms with Crippen LogP contribution in [-0.4, -0.2) is 4.98 Å². The fraction of sp³-hybridized carbons (Fsp3) is 0.133. The summed E-state index contributed by atoms with van der Waals surface area (Å²) < 4.78 is 1.30. The zero-order chi connectivity index (χ0) is 13.1. The van der Waals surface area contributed by atoms with Crippen LogP contribution in [0.1, 0.15) is 17.2 Å². The van der Waals surface area contributed by atoms with Gasteiger partial charge in [0.15, 0.2) is 0 Å². The van der Waals surface area contributed by atoms with Gasteiger partial charge in [-0.15, -0.1) is 11.3 Å². The van der Waals surface area contributed by atoms with Gasteiger partial charge in [0, 0.05) is 17.1 Å². The van der Waals surface area contributed by atoms with E-state index in [1.807, 2.05) is 12.3 Å². The van der Waals surface area contributed by atoms with Gasteiger partial charge in [0.25, 0.3) is 0 Å². The number of benzene rings is 1. The molecule has 3 rings (SSSR count). The van der Waals surface area contributed by atoms with Crippen molar-refractivity contribution in [1.82, 2.24) is 10.4 Å². The van der Waals surface area contributed by atoms with Crippen LogP contribution in [0.25, 0.3) is 10.1 Å². The Labute approximate surface area is 116 Å². The molecule has 0 saturated heterocycles. The molecule has 0 fully saturated rings. The zero-order valence-electron chi connectivity index (χ0n) is 10.4. The van der Waals surface area contributed by atoms with Crippen LogP contribution in [0, 0.1) is 0 Å². The summed E-state index contributed by atoms with van der Waals surface area (Å²) in [6.45, 7) is 0. The second-order valence-electron chi connectivity index (χ2n) is 4.47. The van der Waals surface area contributed by atoms with Crippen LogP contribution in [0.4, 0.5) is 0 Å². The van der Waals surface area contributed by atoms with Gasteiger partial charge in [-0.3, -0.25) is 16.3 Å². The van der Waals surface area contributed by atoms with Gasteiger partial charge in [-0.1, -0.05) is 24.3 Å². The van der Waals surface area contributed by atoms with Crippen molar-refractivity contribution < 1.29 is 0 Å². The number of nitrogens with two attached hydrogens (primary N) is 1. The predicted molar refractivity (Wildman–Crippen MR) is 79.8 cm³/mol. The number of pyridine rings is 1. The molecule has 0 radical (unpaired) electrons. The number of thiophene rings is 1. The molecule has 1 atom stereocenters. The summed E-state index contributed by atoms with van der Waals surface area (Å²) in [6.07, 6.45) is 4.51.